The van der Waals surface area contributed by atoms with Crippen LogP contribution in [0, 0.1) is 13.8 Å². The van der Waals surface area contributed by atoms with E-state index in [0.29, 0.717) is 18.7 Å². The van der Waals surface area contributed by atoms with Crippen molar-refractivity contribution in [1.82, 2.24) is 25.0 Å². The summed E-state index contributed by atoms with van der Waals surface area (Å²) in [5.41, 5.74) is 2.89. The van der Waals surface area contributed by atoms with Gasteiger partial charge in [-0.3, -0.25) is 9.59 Å². The number of aromatic nitrogens is 3. The van der Waals surface area contributed by atoms with E-state index in [2.05, 4.69) is 22.3 Å². The maximum absolute atomic E-state index is 12.6. The fourth-order valence-electron chi connectivity index (χ4n) is 3.83. The van der Waals surface area contributed by atoms with Gasteiger partial charge in [-0.1, -0.05) is 6.07 Å². The first-order chi connectivity index (χ1) is 12.9. The van der Waals surface area contributed by atoms with Gasteiger partial charge < -0.3 is 10.2 Å². The molecule has 0 spiro atoms. The van der Waals surface area contributed by atoms with Crippen LogP contribution in [0.5, 0.6) is 0 Å². The van der Waals surface area contributed by atoms with Crippen LogP contribution in [0.4, 0.5) is 0 Å². The van der Waals surface area contributed by atoms with Crippen molar-refractivity contribution in [2.75, 3.05) is 5.75 Å². The summed E-state index contributed by atoms with van der Waals surface area (Å²) < 4.78 is 1.80. The predicted octanol–water partition coefficient (Wildman–Crippen LogP) is 1.95. The van der Waals surface area contributed by atoms with Crippen molar-refractivity contribution in [2.24, 2.45) is 0 Å². The Hall–Kier alpha value is -2.35. The zero-order chi connectivity index (χ0) is 19.2. The number of hydrogen-bond donors (Lipinski definition) is 1. The predicted molar refractivity (Wildman–Crippen MR) is 103 cm³/mol. The van der Waals surface area contributed by atoms with Gasteiger partial charge in [-0.05, 0) is 44.9 Å². The standard InChI is InChI=1S/C19H23N5O2S/c1-12-8-13(2)24(22-12)16-5-4-14(9-20-16)10-21-18(26)15-11-27-19(3)7-6-17(25)23(15)19/h4-5,8-9,15H,6-7,10-11H2,1-3H3,(H,21,26). The third kappa shape index (κ3) is 3.22. The average molecular weight is 385 g/mol. The Balaban J connectivity index is 1.40. The van der Waals surface area contributed by atoms with Gasteiger partial charge >= 0.3 is 0 Å². The molecule has 0 bridgehead atoms. The number of hydrogen-bond acceptors (Lipinski definition) is 5. The lowest BCUT2D eigenvalue weighted by Crippen LogP contribution is -2.49. The van der Waals surface area contributed by atoms with Crippen molar-refractivity contribution in [2.45, 2.75) is 51.1 Å². The molecule has 2 atom stereocenters. The number of fused-ring (bicyclic) bond motifs is 1. The molecule has 142 valence electrons. The van der Waals surface area contributed by atoms with Crippen LogP contribution < -0.4 is 5.32 Å². The minimum atomic E-state index is -0.378. The van der Waals surface area contributed by atoms with E-state index in [0.717, 1.165) is 29.2 Å². The quantitative estimate of drug-likeness (QED) is 0.870. The molecule has 2 aliphatic rings. The highest BCUT2D eigenvalue weighted by Crippen LogP contribution is 2.47. The summed E-state index contributed by atoms with van der Waals surface area (Å²) in [6.07, 6.45) is 3.10. The van der Waals surface area contributed by atoms with Gasteiger partial charge in [0, 0.05) is 30.6 Å². The highest BCUT2D eigenvalue weighted by atomic mass is 32.2. The number of nitrogens with one attached hydrogen (secondary N) is 1. The van der Waals surface area contributed by atoms with Gasteiger partial charge in [0.25, 0.3) is 0 Å². The average Bonchev–Trinajstić information content (AvgIpc) is 3.26. The van der Waals surface area contributed by atoms with E-state index < -0.39 is 0 Å². The van der Waals surface area contributed by atoms with Crippen molar-refractivity contribution in [1.29, 1.82) is 0 Å². The Kier molecular flexibility index (Phi) is 4.46. The molecule has 27 heavy (non-hydrogen) atoms. The fraction of sp³-hybridized carbons (Fsp3) is 0.474. The monoisotopic (exact) mass is 385 g/mol. The van der Waals surface area contributed by atoms with E-state index in [9.17, 15) is 9.59 Å². The second-order valence-electron chi connectivity index (χ2n) is 7.35. The van der Waals surface area contributed by atoms with Gasteiger partial charge in [-0.25, -0.2) is 9.67 Å². The zero-order valence-electron chi connectivity index (χ0n) is 15.7. The molecule has 2 unspecified atom stereocenters. The van der Waals surface area contributed by atoms with Gasteiger partial charge in [0.15, 0.2) is 5.82 Å². The number of thioether (sulfide) groups is 1. The van der Waals surface area contributed by atoms with Crippen LogP contribution in [0.15, 0.2) is 24.4 Å². The van der Waals surface area contributed by atoms with Crippen molar-refractivity contribution < 1.29 is 9.59 Å². The maximum Gasteiger partial charge on any atom is 0.243 e. The number of carbonyl (C=O) groups is 2. The molecule has 2 saturated heterocycles. The third-order valence-corrected chi connectivity index (χ3v) is 6.76. The van der Waals surface area contributed by atoms with E-state index in [1.807, 2.05) is 32.0 Å². The minimum absolute atomic E-state index is 0.0820. The summed E-state index contributed by atoms with van der Waals surface area (Å²) in [5.74, 6) is 1.40. The van der Waals surface area contributed by atoms with E-state index in [-0.39, 0.29) is 22.7 Å². The lowest BCUT2D eigenvalue weighted by Gasteiger charge is -2.29. The topological polar surface area (TPSA) is 80.1 Å². The van der Waals surface area contributed by atoms with E-state index in [4.69, 9.17) is 0 Å². The number of nitrogens with zero attached hydrogens (tertiary/aromatic N) is 4. The lowest BCUT2D eigenvalue weighted by molar-refractivity contribution is -0.138. The Bertz CT molecular complexity index is 894. The SMILES string of the molecule is Cc1cc(C)n(-c2ccc(CNC(=O)C3CSC4(C)CCC(=O)N34)cn2)n1. The van der Waals surface area contributed by atoms with Gasteiger partial charge in [0.05, 0.1) is 10.6 Å². The Morgan fingerprint density at radius 2 is 2.22 bits per heavy atom. The first-order valence-corrected chi connectivity index (χ1v) is 10.1. The van der Waals surface area contributed by atoms with Crippen molar-refractivity contribution >= 4 is 23.6 Å². The summed E-state index contributed by atoms with van der Waals surface area (Å²) >= 11 is 1.70. The molecule has 0 radical (unpaired) electrons. The maximum atomic E-state index is 12.6. The minimum Gasteiger partial charge on any atom is -0.350 e. The second kappa shape index (κ2) is 6.67. The lowest BCUT2D eigenvalue weighted by atomic mass is 10.2. The van der Waals surface area contributed by atoms with Gasteiger partial charge in [0.1, 0.15) is 6.04 Å². The molecule has 0 aromatic carbocycles. The Labute approximate surface area is 162 Å². The van der Waals surface area contributed by atoms with E-state index >= 15 is 0 Å². The van der Waals surface area contributed by atoms with E-state index in [1.54, 1.807) is 27.5 Å². The summed E-state index contributed by atoms with van der Waals surface area (Å²) in [4.78, 5) is 30.8. The number of amides is 2. The molecule has 0 saturated carbocycles. The van der Waals surface area contributed by atoms with Crippen LogP contribution in [0.1, 0.15) is 36.7 Å². The fourth-order valence-corrected chi connectivity index (χ4v) is 5.26. The first-order valence-electron chi connectivity index (χ1n) is 9.10. The smallest absolute Gasteiger partial charge is 0.243 e. The highest BCUT2D eigenvalue weighted by Gasteiger charge is 2.52. The van der Waals surface area contributed by atoms with Gasteiger partial charge in [-0.2, -0.15) is 5.10 Å². The van der Waals surface area contributed by atoms with Crippen LogP contribution in [0.25, 0.3) is 5.82 Å². The first kappa shape index (κ1) is 18.0. The molecule has 2 aromatic heterocycles. The van der Waals surface area contributed by atoms with Crippen LogP contribution in [-0.2, 0) is 16.1 Å². The Morgan fingerprint density at radius 3 is 2.89 bits per heavy atom. The van der Waals surface area contributed by atoms with E-state index in [1.165, 1.54) is 0 Å². The molecule has 7 nitrogen and oxygen atoms in total. The molecular weight excluding hydrogens is 362 g/mol. The molecule has 4 rings (SSSR count). The van der Waals surface area contributed by atoms with Gasteiger partial charge in [-0.15, -0.1) is 11.8 Å². The summed E-state index contributed by atoms with van der Waals surface area (Å²) in [5, 5.41) is 7.38. The summed E-state index contributed by atoms with van der Waals surface area (Å²) in [7, 11) is 0. The second-order valence-corrected chi connectivity index (χ2v) is 8.85. The molecule has 2 amide bonds. The van der Waals surface area contributed by atoms with Gasteiger partial charge in [0.2, 0.25) is 11.8 Å². The molecule has 1 N–H and O–H groups in total. The van der Waals surface area contributed by atoms with Crippen LogP contribution >= 0.6 is 11.8 Å². The molecule has 2 fully saturated rings. The number of pyridine rings is 1. The van der Waals surface area contributed by atoms with Crippen molar-refractivity contribution in [3.63, 3.8) is 0 Å². The van der Waals surface area contributed by atoms with Crippen molar-refractivity contribution in [3.8, 4) is 5.82 Å². The third-order valence-electron chi connectivity index (χ3n) is 5.25. The molecule has 4 heterocycles. The zero-order valence-corrected chi connectivity index (χ0v) is 16.5. The molecule has 2 aromatic rings. The largest absolute Gasteiger partial charge is 0.350 e. The molecule has 0 aliphatic carbocycles. The molecule has 8 heteroatoms. The van der Waals surface area contributed by atoms with Crippen LogP contribution in [0.3, 0.4) is 0 Å². The normalized spacial score (nSPS) is 24.3. The molecule has 2 aliphatic heterocycles. The highest BCUT2D eigenvalue weighted by molar-refractivity contribution is 8.01. The van der Waals surface area contributed by atoms with Crippen LogP contribution in [-0.4, -0.2) is 48.1 Å². The molecular formula is C19H23N5O2S. The van der Waals surface area contributed by atoms with Crippen molar-refractivity contribution in [3.05, 3.63) is 41.3 Å². The number of rotatable bonds is 4. The Morgan fingerprint density at radius 1 is 1.41 bits per heavy atom. The summed E-state index contributed by atoms with van der Waals surface area (Å²) in [6, 6.07) is 5.46. The number of carbonyl (C=O) groups excluding carboxylic acids is 2. The summed E-state index contributed by atoms with van der Waals surface area (Å²) in [6.45, 7) is 6.38. The van der Waals surface area contributed by atoms with Crippen LogP contribution in [0.2, 0.25) is 0 Å². The number of aryl methyl sites for hydroxylation is 2.